The molecule has 1 heterocycles. The van der Waals surface area contributed by atoms with E-state index in [0.717, 1.165) is 13.1 Å². The van der Waals surface area contributed by atoms with Crippen molar-refractivity contribution in [3.05, 3.63) is 29.8 Å². The molecule has 2 rings (SSSR count). The number of hydrogen-bond donors (Lipinski definition) is 2. The number of ether oxygens (including phenoxy) is 2. The molecule has 0 aliphatic carbocycles. The minimum absolute atomic E-state index is 0.0285. The zero-order chi connectivity index (χ0) is 23.4. The smallest absolute Gasteiger partial charge is 0.338 e. The van der Waals surface area contributed by atoms with Gasteiger partial charge in [-0.1, -0.05) is 32.9 Å². The molecule has 1 saturated heterocycles. The monoisotopic (exact) mass is 466 g/mol. The Hall–Kier alpha value is -1.64. The van der Waals surface area contributed by atoms with Crippen LogP contribution in [-0.2, 0) is 14.0 Å². The second-order valence-electron chi connectivity index (χ2n) is 10.6. The predicted octanol–water partition coefficient (Wildman–Crippen LogP) is 4.36. The average Bonchev–Trinajstić information content (AvgIpc) is 2.64. The number of thiocarbonyl (C=S) groups is 1. The highest BCUT2D eigenvalue weighted by Gasteiger charge is 2.42. The van der Waals surface area contributed by atoms with Crippen molar-refractivity contribution in [2.75, 3.05) is 19.7 Å². The summed E-state index contributed by atoms with van der Waals surface area (Å²) in [5.74, 6) is 0.657. The van der Waals surface area contributed by atoms with Crippen molar-refractivity contribution in [2.24, 2.45) is 0 Å². The standard InChI is InChI=1S/C23H38N2O4SSi/c1-22(2,3)28-20(26)19(29-31(7,8)23(4,5)6)15-27-18-11-9-16(10-12-18)17-13-24-21(30)25-14-17/h9-12,17,19H,13-15H2,1-8H3,(H2,24,25,30)/t19-/m1/s1. The lowest BCUT2D eigenvalue weighted by Gasteiger charge is -2.39. The fraction of sp³-hybridized carbons (Fsp3) is 0.652. The van der Waals surface area contributed by atoms with Gasteiger partial charge >= 0.3 is 5.97 Å². The zero-order valence-electron chi connectivity index (χ0n) is 20.1. The van der Waals surface area contributed by atoms with E-state index in [9.17, 15) is 4.79 Å². The van der Waals surface area contributed by atoms with Gasteiger partial charge in [-0.05, 0) is 68.8 Å². The van der Waals surface area contributed by atoms with Gasteiger partial charge in [0.05, 0.1) is 0 Å². The number of carbonyl (C=O) groups is 1. The maximum absolute atomic E-state index is 12.8. The molecule has 0 amide bonds. The molecule has 0 spiro atoms. The van der Waals surface area contributed by atoms with E-state index in [4.69, 9.17) is 26.1 Å². The van der Waals surface area contributed by atoms with Crippen molar-refractivity contribution in [3.63, 3.8) is 0 Å². The number of hydrogen-bond acceptors (Lipinski definition) is 5. The van der Waals surface area contributed by atoms with E-state index in [1.165, 1.54) is 5.56 Å². The lowest BCUT2D eigenvalue weighted by atomic mass is 9.98. The normalized spacial score (nSPS) is 16.8. The molecule has 0 radical (unpaired) electrons. The van der Waals surface area contributed by atoms with E-state index in [-0.39, 0.29) is 17.6 Å². The zero-order valence-corrected chi connectivity index (χ0v) is 21.9. The van der Waals surface area contributed by atoms with Crippen molar-refractivity contribution in [1.29, 1.82) is 0 Å². The quantitative estimate of drug-likeness (QED) is 0.351. The van der Waals surface area contributed by atoms with Crippen molar-refractivity contribution in [3.8, 4) is 5.75 Å². The van der Waals surface area contributed by atoms with Gasteiger partial charge in [0, 0.05) is 19.0 Å². The van der Waals surface area contributed by atoms with E-state index < -0.39 is 20.0 Å². The molecule has 174 valence electrons. The van der Waals surface area contributed by atoms with Gasteiger partial charge in [0.1, 0.15) is 18.0 Å². The Morgan fingerprint density at radius 2 is 1.65 bits per heavy atom. The number of nitrogens with one attached hydrogen (secondary N) is 2. The Bertz CT molecular complexity index is 759. The van der Waals surface area contributed by atoms with E-state index in [1.54, 1.807) is 0 Å². The summed E-state index contributed by atoms with van der Waals surface area (Å²) in [4.78, 5) is 12.8. The minimum Gasteiger partial charge on any atom is -0.490 e. The summed E-state index contributed by atoms with van der Waals surface area (Å²) in [6.07, 6.45) is -0.771. The van der Waals surface area contributed by atoms with Crippen molar-refractivity contribution in [2.45, 2.75) is 77.3 Å². The second-order valence-corrected chi connectivity index (χ2v) is 15.7. The molecule has 0 saturated carbocycles. The molecule has 0 aromatic heterocycles. The van der Waals surface area contributed by atoms with E-state index >= 15 is 0 Å². The van der Waals surface area contributed by atoms with E-state index in [1.807, 2.05) is 32.9 Å². The van der Waals surface area contributed by atoms with Crippen molar-refractivity contribution < 1.29 is 18.7 Å². The van der Waals surface area contributed by atoms with Gasteiger partial charge in [-0.15, -0.1) is 0 Å². The molecule has 1 aliphatic rings. The largest absolute Gasteiger partial charge is 0.490 e. The van der Waals surface area contributed by atoms with E-state index in [2.05, 4.69) is 56.6 Å². The minimum atomic E-state index is -2.19. The Kier molecular flexibility index (Phi) is 8.16. The first-order chi connectivity index (χ1) is 14.2. The summed E-state index contributed by atoms with van der Waals surface area (Å²) >= 11 is 5.11. The van der Waals surface area contributed by atoms with Crippen molar-refractivity contribution >= 4 is 31.6 Å². The highest BCUT2D eigenvalue weighted by Crippen LogP contribution is 2.37. The maximum Gasteiger partial charge on any atom is 0.338 e. The van der Waals surface area contributed by atoms with E-state index in [0.29, 0.717) is 16.8 Å². The lowest BCUT2D eigenvalue weighted by Crippen LogP contribution is -2.49. The van der Waals surface area contributed by atoms with Crippen LogP contribution < -0.4 is 15.4 Å². The third-order valence-electron chi connectivity index (χ3n) is 5.68. The van der Waals surface area contributed by atoms with Gasteiger partial charge in [0.2, 0.25) is 0 Å². The maximum atomic E-state index is 12.8. The number of esters is 1. The fourth-order valence-corrected chi connectivity index (χ4v) is 4.26. The molecule has 0 bridgehead atoms. The highest BCUT2D eigenvalue weighted by atomic mass is 32.1. The lowest BCUT2D eigenvalue weighted by molar-refractivity contribution is -0.165. The summed E-state index contributed by atoms with van der Waals surface area (Å²) in [5.41, 5.74) is 0.620. The number of benzene rings is 1. The summed E-state index contributed by atoms with van der Waals surface area (Å²) in [6.45, 7) is 18.0. The fourth-order valence-electron chi connectivity index (χ4n) is 2.86. The average molecular weight is 467 g/mol. The molecular weight excluding hydrogens is 428 g/mol. The molecule has 8 heteroatoms. The predicted molar refractivity (Wildman–Crippen MR) is 131 cm³/mol. The topological polar surface area (TPSA) is 68.8 Å². The third kappa shape index (κ3) is 7.77. The van der Waals surface area contributed by atoms with Gasteiger partial charge < -0.3 is 24.5 Å². The van der Waals surface area contributed by atoms with Crippen LogP contribution >= 0.6 is 12.2 Å². The molecule has 1 aromatic rings. The van der Waals surface area contributed by atoms with Gasteiger partial charge in [-0.2, -0.15) is 0 Å². The van der Waals surface area contributed by atoms with Gasteiger partial charge in [-0.25, -0.2) is 4.79 Å². The summed E-state index contributed by atoms with van der Waals surface area (Å²) in [6, 6.07) is 7.96. The first kappa shape index (κ1) is 25.6. The molecule has 1 atom stereocenters. The van der Waals surface area contributed by atoms with Gasteiger partial charge in [-0.3, -0.25) is 0 Å². The Morgan fingerprint density at radius 1 is 1.10 bits per heavy atom. The highest BCUT2D eigenvalue weighted by molar-refractivity contribution is 7.80. The molecule has 1 aliphatic heterocycles. The summed E-state index contributed by atoms with van der Waals surface area (Å²) in [7, 11) is -2.19. The molecule has 2 N–H and O–H groups in total. The Morgan fingerprint density at radius 3 is 2.13 bits per heavy atom. The number of rotatable bonds is 7. The number of carbonyl (C=O) groups excluding carboxylic acids is 1. The summed E-state index contributed by atoms with van der Waals surface area (Å²) in [5, 5.41) is 7.02. The van der Waals surface area contributed by atoms with Gasteiger partial charge in [0.25, 0.3) is 0 Å². The molecule has 1 aromatic carbocycles. The van der Waals surface area contributed by atoms with Crippen molar-refractivity contribution in [1.82, 2.24) is 10.6 Å². The van der Waals surface area contributed by atoms with Crippen LogP contribution in [0, 0.1) is 0 Å². The third-order valence-corrected chi connectivity index (χ3v) is 10.5. The first-order valence-corrected chi connectivity index (χ1v) is 14.1. The Balaban J connectivity index is 2.06. The van der Waals surface area contributed by atoms with Crippen LogP contribution in [0.25, 0.3) is 0 Å². The van der Waals surface area contributed by atoms with Gasteiger partial charge in [0.15, 0.2) is 19.5 Å². The molecule has 1 fully saturated rings. The van der Waals surface area contributed by atoms with Crippen LogP contribution in [-0.4, -0.2) is 50.8 Å². The molecular formula is C23H38N2O4SSi. The second kappa shape index (κ2) is 9.88. The van der Waals surface area contributed by atoms with Crippen LogP contribution in [0.4, 0.5) is 0 Å². The SMILES string of the molecule is CC(C)(C)OC(=O)[C@@H](COc1ccc(C2CNC(=S)NC2)cc1)O[Si](C)(C)C(C)(C)C. The Labute approximate surface area is 193 Å². The molecule has 31 heavy (non-hydrogen) atoms. The van der Waals surface area contributed by atoms with Crippen LogP contribution in [0.5, 0.6) is 5.75 Å². The van der Waals surface area contributed by atoms with Crippen LogP contribution in [0.2, 0.25) is 18.1 Å². The molecule has 0 unspecified atom stereocenters. The van der Waals surface area contributed by atoms with Crippen LogP contribution in [0.3, 0.4) is 0 Å². The first-order valence-electron chi connectivity index (χ1n) is 10.8. The van der Waals surface area contributed by atoms with Crippen LogP contribution in [0.1, 0.15) is 53.0 Å². The summed E-state index contributed by atoms with van der Waals surface area (Å²) < 4.78 is 17.9. The van der Waals surface area contributed by atoms with Crippen LogP contribution in [0.15, 0.2) is 24.3 Å². The molecule has 6 nitrogen and oxygen atoms in total.